The van der Waals surface area contributed by atoms with E-state index in [1.807, 2.05) is 25.2 Å². The SMILES string of the molecule is Cc1cc(C)n(-c2cc(NC(=O)CN3CCC(NC(=O)C(F)(F)F)C3)nc(-c3ccc(C)o3)n2)n1. The molecule has 4 rings (SSSR count). The number of hydrogen-bond acceptors (Lipinski definition) is 7. The van der Waals surface area contributed by atoms with Gasteiger partial charge in [0.1, 0.15) is 11.6 Å². The quantitative estimate of drug-likeness (QED) is 0.544. The first kappa shape index (κ1) is 24.4. The van der Waals surface area contributed by atoms with E-state index in [4.69, 9.17) is 4.42 Å². The largest absolute Gasteiger partial charge is 0.471 e. The Labute approximate surface area is 198 Å². The van der Waals surface area contributed by atoms with Gasteiger partial charge in [0.05, 0.1) is 12.2 Å². The topological polar surface area (TPSA) is 118 Å². The van der Waals surface area contributed by atoms with Crippen molar-refractivity contribution in [3.05, 3.63) is 41.4 Å². The van der Waals surface area contributed by atoms with E-state index < -0.39 is 24.0 Å². The number of carbonyl (C=O) groups is 2. The van der Waals surface area contributed by atoms with Gasteiger partial charge >= 0.3 is 12.1 Å². The molecule has 0 radical (unpaired) electrons. The van der Waals surface area contributed by atoms with Crippen molar-refractivity contribution in [3.8, 4) is 17.4 Å². The smallest absolute Gasteiger partial charge is 0.458 e. The first-order valence-electron chi connectivity index (χ1n) is 10.9. The van der Waals surface area contributed by atoms with Crippen molar-refractivity contribution in [1.29, 1.82) is 0 Å². The fourth-order valence-corrected chi connectivity index (χ4v) is 3.88. The third-order valence-electron chi connectivity index (χ3n) is 5.40. The van der Waals surface area contributed by atoms with Crippen LogP contribution in [0.2, 0.25) is 0 Å². The summed E-state index contributed by atoms with van der Waals surface area (Å²) in [5.41, 5.74) is 1.63. The number of aromatic nitrogens is 4. The van der Waals surface area contributed by atoms with Crippen molar-refractivity contribution in [2.45, 2.75) is 39.4 Å². The molecule has 186 valence electrons. The Morgan fingerprint density at radius 1 is 1.17 bits per heavy atom. The fourth-order valence-electron chi connectivity index (χ4n) is 3.88. The molecule has 4 heterocycles. The highest BCUT2D eigenvalue weighted by atomic mass is 19.4. The fraction of sp³-hybridized carbons (Fsp3) is 0.409. The van der Waals surface area contributed by atoms with Gasteiger partial charge < -0.3 is 15.1 Å². The van der Waals surface area contributed by atoms with E-state index in [9.17, 15) is 22.8 Å². The van der Waals surface area contributed by atoms with E-state index in [2.05, 4.69) is 20.4 Å². The highest BCUT2D eigenvalue weighted by molar-refractivity contribution is 5.91. The Hall–Kier alpha value is -3.74. The highest BCUT2D eigenvalue weighted by Crippen LogP contribution is 2.23. The normalized spacial score (nSPS) is 16.5. The zero-order valence-corrected chi connectivity index (χ0v) is 19.3. The molecule has 0 bridgehead atoms. The lowest BCUT2D eigenvalue weighted by Gasteiger charge is -2.17. The molecule has 0 aromatic carbocycles. The second-order valence-electron chi connectivity index (χ2n) is 8.42. The summed E-state index contributed by atoms with van der Waals surface area (Å²) in [5.74, 6) is -0.385. The molecular formula is C22H24F3N7O3. The second kappa shape index (κ2) is 9.49. The summed E-state index contributed by atoms with van der Waals surface area (Å²) < 4.78 is 44.7. The standard InChI is InChI=1S/C22H24F3N7O3/c1-12-8-13(2)32(30-12)18-9-17(28-20(29-18)16-5-4-14(3)35-16)27-19(33)11-31-7-6-15(10-31)26-21(34)22(23,24)25/h4-5,8-9,15H,6-7,10-11H2,1-3H3,(H,26,34)(H,27,28,29,33). The molecule has 1 saturated heterocycles. The molecular weight excluding hydrogens is 467 g/mol. The molecule has 35 heavy (non-hydrogen) atoms. The van der Waals surface area contributed by atoms with Crippen LogP contribution in [0.3, 0.4) is 0 Å². The van der Waals surface area contributed by atoms with Gasteiger partial charge in [-0.25, -0.2) is 14.6 Å². The minimum Gasteiger partial charge on any atom is -0.458 e. The molecule has 2 amide bonds. The minimum absolute atomic E-state index is 0.0766. The molecule has 13 heteroatoms. The van der Waals surface area contributed by atoms with E-state index in [-0.39, 0.29) is 24.7 Å². The Morgan fingerprint density at radius 2 is 1.94 bits per heavy atom. The Kier molecular flexibility index (Phi) is 6.61. The number of alkyl halides is 3. The molecule has 10 nitrogen and oxygen atoms in total. The van der Waals surface area contributed by atoms with Crippen LogP contribution >= 0.6 is 0 Å². The predicted molar refractivity (Wildman–Crippen MR) is 119 cm³/mol. The lowest BCUT2D eigenvalue weighted by Crippen LogP contribution is -2.44. The lowest BCUT2D eigenvalue weighted by atomic mass is 10.2. The van der Waals surface area contributed by atoms with Gasteiger partial charge in [0, 0.05) is 30.9 Å². The average molecular weight is 491 g/mol. The van der Waals surface area contributed by atoms with Crippen LogP contribution in [0.15, 0.2) is 28.7 Å². The Bertz CT molecular complexity index is 1250. The van der Waals surface area contributed by atoms with Gasteiger partial charge in [0.15, 0.2) is 17.4 Å². The summed E-state index contributed by atoms with van der Waals surface area (Å²) in [6.45, 7) is 5.94. The number of rotatable bonds is 6. The summed E-state index contributed by atoms with van der Waals surface area (Å²) in [4.78, 5) is 34.4. The zero-order valence-electron chi connectivity index (χ0n) is 19.3. The molecule has 0 saturated carbocycles. The Morgan fingerprint density at radius 3 is 2.57 bits per heavy atom. The van der Waals surface area contributed by atoms with E-state index >= 15 is 0 Å². The number of anilines is 1. The van der Waals surface area contributed by atoms with Crippen molar-refractivity contribution < 1.29 is 27.2 Å². The molecule has 2 N–H and O–H groups in total. The van der Waals surface area contributed by atoms with Crippen LogP contribution in [0.5, 0.6) is 0 Å². The van der Waals surface area contributed by atoms with Crippen molar-refractivity contribution in [2.75, 3.05) is 25.0 Å². The number of hydrogen-bond donors (Lipinski definition) is 2. The lowest BCUT2D eigenvalue weighted by molar-refractivity contribution is -0.174. The molecule has 3 aromatic rings. The first-order valence-corrected chi connectivity index (χ1v) is 10.9. The van der Waals surface area contributed by atoms with E-state index in [1.165, 1.54) is 0 Å². The van der Waals surface area contributed by atoms with Gasteiger partial charge in [-0.05, 0) is 45.4 Å². The molecule has 1 unspecified atom stereocenters. The second-order valence-corrected chi connectivity index (χ2v) is 8.42. The van der Waals surface area contributed by atoms with Crippen molar-refractivity contribution in [3.63, 3.8) is 0 Å². The molecule has 1 aliphatic rings. The van der Waals surface area contributed by atoms with Crippen LogP contribution < -0.4 is 10.6 Å². The number of carbonyl (C=O) groups excluding carboxylic acids is 2. The summed E-state index contributed by atoms with van der Waals surface area (Å²) in [5, 5.41) is 9.11. The minimum atomic E-state index is -4.94. The van der Waals surface area contributed by atoms with Crippen molar-refractivity contribution in [1.82, 2.24) is 30.0 Å². The van der Waals surface area contributed by atoms with Crippen LogP contribution in [0.4, 0.5) is 19.0 Å². The summed E-state index contributed by atoms with van der Waals surface area (Å²) >= 11 is 0. The number of halogens is 3. The van der Waals surface area contributed by atoms with Crippen LogP contribution in [-0.2, 0) is 9.59 Å². The van der Waals surface area contributed by atoms with Crippen LogP contribution in [0.1, 0.15) is 23.6 Å². The molecule has 3 aromatic heterocycles. The number of nitrogens with one attached hydrogen (secondary N) is 2. The van der Waals surface area contributed by atoms with Gasteiger partial charge in [-0.15, -0.1) is 0 Å². The van der Waals surface area contributed by atoms with Gasteiger partial charge in [0.2, 0.25) is 5.91 Å². The van der Waals surface area contributed by atoms with E-state index in [0.717, 1.165) is 11.4 Å². The third kappa shape index (κ3) is 5.85. The van der Waals surface area contributed by atoms with Gasteiger partial charge in [-0.3, -0.25) is 14.5 Å². The molecule has 1 atom stereocenters. The number of nitrogens with zero attached hydrogens (tertiary/aromatic N) is 5. The number of furan rings is 1. The van der Waals surface area contributed by atoms with E-state index in [0.29, 0.717) is 30.3 Å². The van der Waals surface area contributed by atoms with Gasteiger partial charge in [-0.2, -0.15) is 18.3 Å². The molecule has 0 aliphatic carbocycles. The third-order valence-corrected chi connectivity index (χ3v) is 5.40. The summed E-state index contributed by atoms with van der Waals surface area (Å²) in [7, 11) is 0. The number of likely N-dealkylation sites (tertiary alicyclic amines) is 1. The van der Waals surface area contributed by atoms with Crippen molar-refractivity contribution >= 4 is 17.6 Å². The first-order chi connectivity index (χ1) is 16.5. The van der Waals surface area contributed by atoms with Crippen LogP contribution in [-0.4, -0.2) is 68.3 Å². The zero-order chi connectivity index (χ0) is 25.3. The predicted octanol–water partition coefficient (Wildman–Crippen LogP) is 2.54. The average Bonchev–Trinajstić information content (AvgIpc) is 3.47. The van der Waals surface area contributed by atoms with Crippen LogP contribution in [0.25, 0.3) is 17.4 Å². The number of amides is 2. The van der Waals surface area contributed by atoms with Gasteiger partial charge in [0.25, 0.3) is 0 Å². The highest BCUT2D eigenvalue weighted by Gasteiger charge is 2.40. The maximum Gasteiger partial charge on any atom is 0.471 e. The molecule has 1 fully saturated rings. The van der Waals surface area contributed by atoms with Crippen LogP contribution in [0, 0.1) is 20.8 Å². The maximum atomic E-state index is 12.7. The van der Waals surface area contributed by atoms with Crippen molar-refractivity contribution in [2.24, 2.45) is 0 Å². The number of aryl methyl sites for hydroxylation is 3. The maximum absolute atomic E-state index is 12.7. The molecule has 0 spiro atoms. The molecule has 1 aliphatic heterocycles. The van der Waals surface area contributed by atoms with Gasteiger partial charge in [-0.1, -0.05) is 0 Å². The Balaban J connectivity index is 1.48. The van der Waals surface area contributed by atoms with E-state index in [1.54, 1.807) is 34.7 Å². The summed E-state index contributed by atoms with van der Waals surface area (Å²) in [6, 6.07) is 6.28. The monoisotopic (exact) mass is 491 g/mol. The summed E-state index contributed by atoms with van der Waals surface area (Å²) in [6.07, 6.45) is -4.63.